The summed E-state index contributed by atoms with van der Waals surface area (Å²) < 4.78 is 45.2. The third kappa shape index (κ3) is 6.44. The van der Waals surface area contributed by atoms with Gasteiger partial charge in [-0.3, -0.25) is 0 Å². The van der Waals surface area contributed by atoms with Crippen LogP contribution in [0.2, 0.25) is 5.02 Å². The monoisotopic (exact) mass is 477 g/mol. The van der Waals surface area contributed by atoms with E-state index < -0.39 is 10.2 Å². The van der Waals surface area contributed by atoms with Gasteiger partial charge in [0.1, 0.15) is 22.8 Å². The van der Waals surface area contributed by atoms with Crippen LogP contribution in [-0.4, -0.2) is 12.2 Å². The minimum atomic E-state index is -4.94. The maximum Gasteiger partial charge on any atom is 0.218 e. The van der Waals surface area contributed by atoms with Crippen LogP contribution in [0.25, 0.3) is 22.3 Å². The Balaban J connectivity index is 0.000000523. The zero-order valence-corrected chi connectivity index (χ0v) is 18.1. The highest BCUT2D eigenvalue weighted by Gasteiger charge is 2.11. The first-order chi connectivity index (χ1) is 15.1. The molecule has 0 spiro atoms. The SMILES string of the molecule is COc1ccc([NH+]=c2cc(-c3ccccc3)oc3ccc(O)cc23)cc1Cl.[O-][Cl+3]([O-])([O-])[O-]. The van der Waals surface area contributed by atoms with E-state index in [9.17, 15) is 5.11 Å². The second-order valence-electron chi connectivity index (χ2n) is 6.42. The lowest BCUT2D eigenvalue weighted by Gasteiger charge is -2.17. The standard InChI is InChI=1S/C22H16ClNO3.ClHO4/c1-26-21-9-7-15(11-18(21)23)24-19-13-22(14-5-3-2-4-6-14)27-20-10-8-16(25)12-17(19)20;2-1(3,4)5/h2-13,25H,1H3;(H,2,3,4,5). The molecule has 2 N–H and O–H groups in total. The van der Waals surface area contributed by atoms with Crippen LogP contribution in [-0.2, 0) is 0 Å². The van der Waals surface area contributed by atoms with Crippen molar-refractivity contribution in [3.63, 3.8) is 0 Å². The highest BCUT2D eigenvalue weighted by molar-refractivity contribution is 6.32. The Morgan fingerprint density at radius 1 is 0.938 bits per heavy atom. The van der Waals surface area contributed by atoms with Crippen molar-refractivity contribution < 1.29 is 48.1 Å². The summed E-state index contributed by atoms with van der Waals surface area (Å²) in [6.07, 6.45) is 0. The van der Waals surface area contributed by atoms with E-state index >= 15 is 0 Å². The molecule has 0 aliphatic rings. The lowest BCUT2D eigenvalue weighted by molar-refractivity contribution is -2.00. The van der Waals surface area contributed by atoms with Crippen molar-refractivity contribution in [1.29, 1.82) is 0 Å². The molecule has 3 aromatic carbocycles. The van der Waals surface area contributed by atoms with Crippen LogP contribution < -0.4 is 33.7 Å². The summed E-state index contributed by atoms with van der Waals surface area (Å²) in [5, 5.41) is 12.0. The smallest absolute Gasteiger partial charge is 0.218 e. The van der Waals surface area contributed by atoms with Gasteiger partial charge in [0, 0.05) is 17.7 Å². The van der Waals surface area contributed by atoms with Crippen molar-refractivity contribution in [2.45, 2.75) is 0 Å². The van der Waals surface area contributed by atoms with E-state index in [1.165, 1.54) is 0 Å². The topological polar surface area (TPSA) is 149 Å². The van der Waals surface area contributed by atoms with Crippen LogP contribution in [0.1, 0.15) is 0 Å². The average molecular weight is 478 g/mol. The Morgan fingerprint density at radius 2 is 1.62 bits per heavy atom. The Bertz CT molecular complexity index is 1280. The first-order valence-corrected chi connectivity index (χ1v) is 10.6. The van der Waals surface area contributed by atoms with Crippen molar-refractivity contribution in [1.82, 2.24) is 0 Å². The number of benzene rings is 3. The van der Waals surface area contributed by atoms with E-state index in [1.54, 1.807) is 37.4 Å². The lowest BCUT2D eigenvalue weighted by atomic mass is 10.1. The lowest BCUT2D eigenvalue weighted by Crippen LogP contribution is -2.70. The quantitative estimate of drug-likeness (QED) is 0.385. The fraction of sp³-hybridized carbons (Fsp3) is 0.0455. The van der Waals surface area contributed by atoms with Gasteiger partial charge in [-0.2, -0.15) is 0 Å². The molecule has 32 heavy (non-hydrogen) atoms. The largest absolute Gasteiger partial charge is 0.508 e. The Morgan fingerprint density at radius 3 is 2.25 bits per heavy atom. The summed E-state index contributed by atoms with van der Waals surface area (Å²) in [7, 11) is -3.37. The minimum Gasteiger partial charge on any atom is -0.508 e. The number of phenols is 1. The molecule has 0 aliphatic heterocycles. The summed E-state index contributed by atoms with van der Waals surface area (Å²) in [6.45, 7) is 0. The molecule has 4 aromatic rings. The fourth-order valence-corrected chi connectivity index (χ4v) is 3.18. The molecule has 0 radical (unpaired) electrons. The molecular weight excluding hydrogens is 461 g/mol. The summed E-state index contributed by atoms with van der Waals surface area (Å²) in [4.78, 5) is 3.37. The van der Waals surface area contributed by atoms with Gasteiger partial charge < -0.3 is 14.3 Å². The van der Waals surface area contributed by atoms with Crippen LogP contribution in [0.5, 0.6) is 11.5 Å². The first-order valence-electron chi connectivity index (χ1n) is 9.01. The number of ether oxygens (including phenoxy) is 1. The summed E-state index contributed by atoms with van der Waals surface area (Å²) in [5.41, 5.74) is 2.43. The second kappa shape index (κ2) is 10.0. The van der Waals surface area contributed by atoms with Crippen LogP contribution in [0.15, 0.2) is 77.2 Å². The maximum atomic E-state index is 9.91. The van der Waals surface area contributed by atoms with Gasteiger partial charge in [0.05, 0.1) is 23.6 Å². The molecule has 4 rings (SSSR count). The van der Waals surface area contributed by atoms with Crippen LogP contribution in [0.3, 0.4) is 0 Å². The number of hydrogen-bond acceptors (Lipinski definition) is 7. The molecule has 0 bridgehead atoms. The molecule has 1 heterocycles. The molecule has 10 heteroatoms. The Labute approximate surface area is 189 Å². The number of hydrogen-bond donors (Lipinski definition) is 2. The third-order valence-corrected chi connectivity index (χ3v) is 4.53. The van der Waals surface area contributed by atoms with Gasteiger partial charge in [-0.05, 0) is 24.3 Å². The average Bonchev–Trinajstić information content (AvgIpc) is 2.73. The molecular formula is C22H17Cl2NO7. The van der Waals surface area contributed by atoms with E-state index in [4.69, 9.17) is 39.4 Å². The number of phenolic OH excluding ortho intramolecular Hbond substituents is 1. The van der Waals surface area contributed by atoms with Gasteiger partial charge in [-0.1, -0.05) is 41.9 Å². The summed E-state index contributed by atoms with van der Waals surface area (Å²) in [5.74, 6) is 1.50. The Hall–Kier alpha value is -3.11. The fourth-order valence-electron chi connectivity index (χ4n) is 2.92. The molecule has 1 aromatic heterocycles. The van der Waals surface area contributed by atoms with E-state index in [0.717, 1.165) is 27.8 Å². The van der Waals surface area contributed by atoms with E-state index in [2.05, 4.69) is 4.99 Å². The van der Waals surface area contributed by atoms with Gasteiger partial charge in [-0.25, -0.2) is 23.6 Å². The molecule has 166 valence electrons. The maximum absolute atomic E-state index is 9.91. The molecule has 8 nitrogen and oxygen atoms in total. The highest BCUT2D eigenvalue weighted by Crippen LogP contribution is 2.26. The molecule has 0 fully saturated rings. The van der Waals surface area contributed by atoms with Crippen molar-refractivity contribution in [2.75, 3.05) is 7.11 Å². The van der Waals surface area contributed by atoms with Crippen molar-refractivity contribution in [2.24, 2.45) is 0 Å². The third-order valence-electron chi connectivity index (χ3n) is 4.24. The van der Waals surface area contributed by atoms with Crippen molar-refractivity contribution >= 4 is 28.3 Å². The van der Waals surface area contributed by atoms with Gasteiger partial charge in [0.2, 0.25) is 11.0 Å². The predicted octanol–water partition coefficient (Wildman–Crippen LogP) is -0.976. The number of methoxy groups -OCH3 is 1. The molecule has 0 aliphatic carbocycles. The summed E-state index contributed by atoms with van der Waals surface area (Å²) in [6, 6.07) is 22.3. The van der Waals surface area contributed by atoms with E-state index in [-0.39, 0.29) is 5.75 Å². The van der Waals surface area contributed by atoms with Gasteiger partial charge in [0.15, 0.2) is 0 Å². The van der Waals surface area contributed by atoms with E-state index in [0.29, 0.717) is 16.4 Å². The number of aromatic hydroxyl groups is 1. The zero-order chi connectivity index (χ0) is 23.3. The molecule has 0 saturated heterocycles. The molecule has 0 amide bonds. The first kappa shape index (κ1) is 23.6. The molecule has 0 atom stereocenters. The van der Waals surface area contributed by atoms with Gasteiger partial charge >= 0.3 is 0 Å². The van der Waals surface area contributed by atoms with Crippen molar-refractivity contribution in [3.05, 3.63) is 83.2 Å². The number of fused-ring (bicyclic) bond motifs is 1. The molecule has 0 unspecified atom stereocenters. The van der Waals surface area contributed by atoms with Crippen molar-refractivity contribution in [3.8, 4) is 22.8 Å². The summed E-state index contributed by atoms with van der Waals surface area (Å²) >= 11 is 6.24. The van der Waals surface area contributed by atoms with Crippen LogP contribution >= 0.6 is 11.6 Å². The number of halogens is 2. The number of rotatable bonds is 3. The second-order valence-corrected chi connectivity index (χ2v) is 7.59. The minimum absolute atomic E-state index is 0.168. The number of nitrogens with one attached hydrogen (secondary N) is 1. The van der Waals surface area contributed by atoms with Crippen LogP contribution in [0.4, 0.5) is 5.69 Å². The van der Waals surface area contributed by atoms with Crippen LogP contribution in [0, 0.1) is 10.2 Å². The van der Waals surface area contributed by atoms with Gasteiger partial charge in [0.25, 0.3) is 0 Å². The van der Waals surface area contributed by atoms with Gasteiger partial charge in [-0.15, -0.1) is 10.2 Å². The predicted molar refractivity (Wildman–Crippen MR) is 105 cm³/mol. The zero-order valence-electron chi connectivity index (χ0n) is 16.6. The normalized spacial score (nSPS) is 11.8. The van der Waals surface area contributed by atoms with E-state index in [1.807, 2.05) is 42.5 Å². The highest BCUT2D eigenvalue weighted by atomic mass is 35.7. The molecule has 0 saturated carbocycles. The Kier molecular flexibility index (Phi) is 7.37.